The molecule has 1 fully saturated rings. The maximum atomic E-state index is 11.1. The molecular weight excluding hydrogens is 172 g/mol. The molecule has 4 heteroatoms. The molecule has 1 N–H and O–H groups in total. The maximum absolute atomic E-state index is 11.1. The van der Waals surface area contributed by atoms with Crippen molar-refractivity contribution in [1.29, 1.82) is 0 Å². The van der Waals surface area contributed by atoms with Crippen molar-refractivity contribution in [3.8, 4) is 0 Å². The highest BCUT2D eigenvalue weighted by atomic mass is 16.5. The lowest BCUT2D eigenvalue weighted by atomic mass is 9.78. The fourth-order valence-corrected chi connectivity index (χ4v) is 1.63. The number of methoxy groups -OCH3 is 1. The van der Waals surface area contributed by atoms with Gasteiger partial charge in [0.2, 0.25) is 0 Å². The Hall–Kier alpha value is -0.610. The summed E-state index contributed by atoms with van der Waals surface area (Å²) in [6.07, 6.45) is 1.79. The Kier molecular flexibility index (Phi) is 3.69. The van der Waals surface area contributed by atoms with Gasteiger partial charge in [-0.05, 0) is 19.3 Å². The third-order valence-electron chi connectivity index (χ3n) is 2.69. The van der Waals surface area contributed by atoms with Gasteiger partial charge in [-0.2, -0.15) is 0 Å². The van der Waals surface area contributed by atoms with Crippen molar-refractivity contribution in [3.63, 3.8) is 0 Å². The number of rotatable bonds is 4. The Morgan fingerprint density at radius 2 is 2.15 bits per heavy atom. The number of carboxylic acid groups (broad SMARTS) is 1. The molecule has 1 saturated heterocycles. The normalized spacial score (nSPS) is 21.3. The maximum Gasteiger partial charge on any atom is 0.309 e. The van der Waals surface area contributed by atoms with Crippen LogP contribution >= 0.6 is 0 Å². The average Bonchev–Trinajstić information content (AvgIpc) is 2.16. The van der Waals surface area contributed by atoms with Crippen LogP contribution in [0, 0.1) is 5.41 Å². The molecule has 0 amide bonds. The van der Waals surface area contributed by atoms with Crippen LogP contribution in [-0.4, -0.2) is 38.0 Å². The Morgan fingerprint density at radius 1 is 1.54 bits per heavy atom. The zero-order chi connectivity index (χ0) is 9.73. The Bertz CT molecular complexity index is 172. The number of carboxylic acids is 1. The lowest BCUT2D eigenvalue weighted by molar-refractivity contribution is -0.156. The molecule has 0 unspecified atom stereocenters. The molecule has 0 radical (unpaired) electrons. The van der Waals surface area contributed by atoms with Crippen LogP contribution in [0.25, 0.3) is 0 Å². The molecule has 0 aliphatic carbocycles. The average molecular weight is 188 g/mol. The van der Waals surface area contributed by atoms with E-state index >= 15 is 0 Å². The van der Waals surface area contributed by atoms with Gasteiger partial charge < -0.3 is 14.6 Å². The first-order valence-corrected chi connectivity index (χ1v) is 4.51. The predicted molar refractivity (Wildman–Crippen MR) is 46.6 cm³/mol. The minimum absolute atomic E-state index is 0.506. The van der Waals surface area contributed by atoms with E-state index in [0.717, 1.165) is 0 Å². The second-order valence-electron chi connectivity index (χ2n) is 3.44. The lowest BCUT2D eigenvalue weighted by Gasteiger charge is -2.32. The molecule has 0 aromatic heterocycles. The highest BCUT2D eigenvalue weighted by Gasteiger charge is 2.39. The Labute approximate surface area is 77.8 Å². The van der Waals surface area contributed by atoms with Crippen LogP contribution < -0.4 is 0 Å². The summed E-state index contributed by atoms with van der Waals surface area (Å²) in [5.74, 6) is -0.715. The molecule has 1 aliphatic rings. The van der Waals surface area contributed by atoms with Gasteiger partial charge in [0.05, 0.1) is 5.41 Å². The van der Waals surface area contributed by atoms with Crippen molar-refractivity contribution in [2.45, 2.75) is 19.3 Å². The molecule has 76 valence electrons. The van der Waals surface area contributed by atoms with Crippen LogP contribution in [0.1, 0.15) is 19.3 Å². The van der Waals surface area contributed by atoms with Gasteiger partial charge >= 0.3 is 5.97 Å². The third kappa shape index (κ3) is 2.42. The molecule has 0 spiro atoms. The number of aliphatic carboxylic acids is 1. The third-order valence-corrected chi connectivity index (χ3v) is 2.69. The largest absolute Gasteiger partial charge is 0.481 e. The molecule has 0 bridgehead atoms. The molecule has 0 atom stereocenters. The number of hydrogen-bond acceptors (Lipinski definition) is 3. The van der Waals surface area contributed by atoms with Crippen molar-refractivity contribution >= 4 is 5.97 Å². The van der Waals surface area contributed by atoms with E-state index in [0.29, 0.717) is 39.1 Å². The summed E-state index contributed by atoms with van der Waals surface area (Å²) in [5, 5.41) is 9.10. The predicted octanol–water partition coefficient (Wildman–Crippen LogP) is 0.904. The highest BCUT2D eigenvalue weighted by molar-refractivity contribution is 5.74. The molecular formula is C9H16O4. The van der Waals surface area contributed by atoms with E-state index in [1.54, 1.807) is 7.11 Å². The molecule has 1 aliphatic heterocycles. The van der Waals surface area contributed by atoms with E-state index in [2.05, 4.69) is 0 Å². The van der Waals surface area contributed by atoms with E-state index < -0.39 is 11.4 Å². The van der Waals surface area contributed by atoms with Crippen molar-refractivity contribution in [2.75, 3.05) is 26.9 Å². The first kappa shape index (κ1) is 10.5. The summed E-state index contributed by atoms with van der Waals surface area (Å²) in [5.41, 5.74) is -0.603. The van der Waals surface area contributed by atoms with E-state index in [1.807, 2.05) is 0 Å². The van der Waals surface area contributed by atoms with Gasteiger partial charge in [-0.25, -0.2) is 0 Å². The van der Waals surface area contributed by atoms with E-state index in [1.165, 1.54) is 0 Å². The molecule has 4 nitrogen and oxygen atoms in total. The summed E-state index contributed by atoms with van der Waals surface area (Å²) in [4.78, 5) is 11.1. The molecule has 1 heterocycles. The SMILES string of the molecule is COCCC1(C(=O)O)CCOCC1. The van der Waals surface area contributed by atoms with Gasteiger partial charge in [0, 0.05) is 26.9 Å². The first-order valence-electron chi connectivity index (χ1n) is 4.51. The Balaban J connectivity index is 2.56. The second-order valence-corrected chi connectivity index (χ2v) is 3.44. The van der Waals surface area contributed by atoms with Gasteiger partial charge in [0.15, 0.2) is 0 Å². The van der Waals surface area contributed by atoms with Gasteiger partial charge in [-0.15, -0.1) is 0 Å². The van der Waals surface area contributed by atoms with E-state index in [9.17, 15) is 4.79 Å². The standard InChI is InChI=1S/C9H16O4/c1-12-5-2-9(8(10)11)3-6-13-7-4-9/h2-7H2,1H3,(H,10,11). The van der Waals surface area contributed by atoms with Gasteiger partial charge in [0.1, 0.15) is 0 Å². The van der Waals surface area contributed by atoms with Crippen LogP contribution in [0.2, 0.25) is 0 Å². The zero-order valence-corrected chi connectivity index (χ0v) is 7.91. The minimum atomic E-state index is -0.715. The minimum Gasteiger partial charge on any atom is -0.481 e. The van der Waals surface area contributed by atoms with Crippen molar-refractivity contribution < 1.29 is 19.4 Å². The number of carbonyl (C=O) groups is 1. The van der Waals surface area contributed by atoms with Crippen LogP contribution in [-0.2, 0) is 14.3 Å². The fraction of sp³-hybridized carbons (Fsp3) is 0.889. The van der Waals surface area contributed by atoms with Crippen molar-refractivity contribution in [1.82, 2.24) is 0 Å². The quantitative estimate of drug-likeness (QED) is 0.712. The molecule has 13 heavy (non-hydrogen) atoms. The van der Waals surface area contributed by atoms with Gasteiger partial charge in [-0.1, -0.05) is 0 Å². The monoisotopic (exact) mass is 188 g/mol. The molecule has 0 aromatic rings. The summed E-state index contributed by atoms with van der Waals surface area (Å²) < 4.78 is 10.1. The molecule has 1 rings (SSSR count). The topological polar surface area (TPSA) is 55.8 Å². The van der Waals surface area contributed by atoms with Crippen LogP contribution in [0.15, 0.2) is 0 Å². The highest BCUT2D eigenvalue weighted by Crippen LogP contribution is 2.34. The lowest BCUT2D eigenvalue weighted by Crippen LogP contribution is -2.38. The second kappa shape index (κ2) is 4.58. The van der Waals surface area contributed by atoms with E-state index in [-0.39, 0.29) is 0 Å². The number of hydrogen-bond donors (Lipinski definition) is 1. The zero-order valence-electron chi connectivity index (χ0n) is 7.91. The Morgan fingerprint density at radius 3 is 2.62 bits per heavy atom. The van der Waals surface area contributed by atoms with Crippen molar-refractivity contribution in [2.24, 2.45) is 5.41 Å². The number of ether oxygens (including phenoxy) is 2. The summed E-state index contributed by atoms with van der Waals surface area (Å²) >= 11 is 0. The summed E-state index contributed by atoms with van der Waals surface area (Å²) in [6.45, 7) is 1.61. The molecule has 0 saturated carbocycles. The van der Waals surface area contributed by atoms with Crippen LogP contribution in [0.3, 0.4) is 0 Å². The summed E-state index contributed by atoms with van der Waals surface area (Å²) in [7, 11) is 1.59. The fourth-order valence-electron chi connectivity index (χ4n) is 1.63. The smallest absolute Gasteiger partial charge is 0.309 e. The van der Waals surface area contributed by atoms with Gasteiger partial charge in [0.25, 0.3) is 0 Å². The van der Waals surface area contributed by atoms with Crippen LogP contribution in [0.5, 0.6) is 0 Å². The first-order chi connectivity index (χ1) is 6.21. The van der Waals surface area contributed by atoms with Crippen molar-refractivity contribution in [3.05, 3.63) is 0 Å². The molecule has 0 aromatic carbocycles. The van der Waals surface area contributed by atoms with Crippen LogP contribution in [0.4, 0.5) is 0 Å². The van der Waals surface area contributed by atoms with E-state index in [4.69, 9.17) is 14.6 Å². The summed E-state index contributed by atoms with van der Waals surface area (Å²) in [6, 6.07) is 0. The van der Waals surface area contributed by atoms with Gasteiger partial charge in [-0.3, -0.25) is 4.79 Å².